The molecule has 2 aliphatic rings. The number of aliphatic hydroxyl groups excluding tert-OH is 8. The summed E-state index contributed by atoms with van der Waals surface area (Å²) in [6.45, 7) is 2.70. The fourth-order valence-corrected chi connectivity index (χ4v) is 8.95. The maximum atomic E-state index is 13.0. The quantitative estimate of drug-likeness (QED) is 0.0211. The second kappa shape index (κ2) is 40.1. The molecule has 2 aliphatic heterocycles. The van der Waals surface area contributed by atoms with E-state index >= 15 is 0 Å². The van der Waals surface area contributed by atoms with Gasteiger partial charge in [0.05, 0.1) is 32.0 Å². The summed E-state index contributed by atoms with van der Waals surface area (Å²) in [5, 5.41) is 86.4. The zero-order valence-electron chi connectivity index (χ0n) is 41.9. The number of ether oxygens (including phenoxy) is 4. The minimum absolute atomic E-state index is 0.258. The van der Waals surface area contributed by atoms with E-state index in [2.05, 4.69) is 31.3 Å². The molecule has 2 rings (SSSR count). The van der Waals surface area contributed by atoms with Crippen LogP contribution in [-0.4, -0.2) is 140 Å². The fourth-order valence-electron chi connectivity index (χ4n) is 8.95. The molecule has 394 valence electrons. The fraction of sp³-hybridized carbons (Fsp3) is 0.906. The van der Waals surface area contributed by atoms with Crippen LogP contribution in [0.4, 0.5) is 0 Å². The van der Waals surface area contributed by atoms with Gasteiger partial charge in [-0.1, -0.05) is 199 Å². The summed E-state index contributed by atoms with van der Waals surface area (Å²) in [4.78, 5) is 13.0. The predicted molar refractivity (Wildman–Crippen MR) is 263 cm³/mol. The van der Waals surface area contributed by atoms with Crippen LogP contribution in [0.25, 0.3) is 0 Å². The molecule has 2 saturated heterocycles. The Kier molecular flexibility index (Phi) is 36.9. The van der Waals surface area contributed by atoms with Gasteiger partial charge in [-0.05, 0) is 32.1 Å². The Labute approximate surface area is 405 Å². The minimum Gasteiger partial charge on any atom is -0.394 e. The number of amides is 1. The number of rotatable bonds is 42. The first-order valence-electron chi connectivity index (χ1n) is 27.1. The van der Waals surface area contributed by atoms with E-state index in [9.17, 15) is 45.6 Å². The molecule has 0 radical (unpaired) electrons. The van der Waals surface area contributed by atoms with E-state index in [1.165, 1.54) is 135 Å². The molecule has 0 spiro atoms. The summed E-state index contributed by atoms with van der Waals surface area (Å²) in [6.07, 6.45) is 28.6. The van der Waals surface area contributed by atoms with Crippen molar-refractivity contribution in [2.45, 2.75) is 286 Å². The first-order chi connectivity index (χ1) is 32.6. The first-order valence-corrected chi connectivity index (χ1v) is 27.1. The van der Waals surface area contributed by atoms with Crippen LogP contribution in [0.5, 0.6) is 0 Å². The van der Waals surface area contributed by atoms with Crippen LogP contribution in [0.15, 0.2) is 24.3 Å². The monoisotopic (exact) mass is 958 g/mol. The lowest BCUT2D eigenvalue weighted by molar-refractivity contribution is -0.359. The molecule has 0 aliphatic carbocycles. The molecule has 12 atom stereocenters. The molecular formula is C53H99NO13. The van der Waals surface area contributed by atoms with Crippen LogP contribution >= 0.6 is 0 Å². The SMILES string of the molecule is CCCCCCCCCCCCCCCCCCCCCCC/C=C/CC/C=C/C(O)C(COC1OC(CO)C(OC2OC(CO)C(O)C(O)C2O)C(O)C1O)NC(=O)CCCCCCCC. The largest absolute Gasteiger partial charge is 0.394 e. The van der Waals surface area contributed by atoms with Crippen molar-refractivity contribution in [1.82, 2.24) is 5.32 Å². The van der Waals surface area contributed by atoms with Gasteiger partial charge >= 0.3 is 0 Å². The lowest BCUT2D eigenvalue weighted by Crippen LogP contribution is -2.65. The van der Waals surface area contributed by atoms with Crippen molar-refractivity contribution in [3.8, 4) is 0 Å². The summed E-state index contributed by atoms with van der Waals surface area (Å²) >= 11 is 0. The number of hydrogen-bond donors (Lipinski definition) is 9. The van der Waals surface area contributed by atoms with Crippen molar-refractivity contribution in [1.29, 1.82) is 0 Å². The third kappa shape index (κ3) is 27.0. The minimum atomic E-state index is -1.79. The molecule has 0 bridgehead atoms. The normalized spacial score (nSPS) is 26.7. The number of carbonyl (C=O) groups excluding carboxylic acids is 1. The number of hydrogen-bond acceptors (Lipinski definition) is 13. The number of carbonyl (C=O) groups is 1. The summed E-state index contributed by atoms with van der Waals surface area (Å²) in [7, 11) is 0. The molecule has 0 aromatic carbocycles. The van der Waals surface area contributed by atoms with Crippen LogP contribution in [0, 0.1) is 0 Å². The highest BCUT2D eigenvalue weighted by Crippen LogP contribution is 2.30. The molecule has 0 saturated carbocycles. The highest BCUT2D eigenvalue weighted by atomic mass is 16.7. The maximum absolute atomic E-state index is 13.0. The highest BCUT2D eigenvalue weighted by molar-refractivity contribution is 5.76. The molecule has 14 nitrogen and oxygen atoms in total. The number of nitrogens with one attached hydrogen (secondary N) is 1. The van der Waals surface area contributed by atoms with Crippen LogP contribution in [0.1, 0.15) is 213 Å². The van der Waals surface area contributed by atoms with E-state index < -0.39 is 86.8 Å². The van der Waals surface area contributed by atoms with Gasteiger partial charge in [0.1, 0.15) is 48.8 Å². The van der Waals surface area contributed by atoms with Crippen molar-refractivity contribution in [2.24, 2.45) is 0 Å². The van der Waals surface area contributed by atoms with Gasteiger partial charge in [-0.2, -0.15) is 0 Å². The van der Waals surface area contributed by atoms with E-state index in [1.54, 1.807) is 6.08 Å². The van der Waals surface area contributed by atoms with E-state index in [0.29, 0.717) is 12.8 Å². The Bertz CT molecular complexity index is 1220. The Morgan fingerprint density at radius 3 is 1.46 bits per heavy atom. The van der Waals surface area contributed by atoms with E-state index in [1.807, 2.05) is 6.08 Å². The second-order valence-corrected chi connectivity index (χ2v) is 19.4. The summed E-state index contributed by atoms with van der Waals surface area (Å²) in [6, 6.07) is -0.924. The van der Waals surface area contributed by atoms with Crippen molar-refractivity contribution in [3.63, 3.8) is 0 Å². The average Bonchev–Trinajstić information content (AvgIpc) is 3.32. The van der Waals surface area contributed by atoms with Gasteiger partial charge in [0.15, 0.2) is 12.6 Å². The molecule has 0 aromatic rings. The molecule has 2 heterocycles. The van der Waals surface area contributed by atoms with E-state index in [-0.39, 0.29) is 18.9 Å². The number of allylic oxidation sites excluding steroid dienone is 3. The van der Waals surface area contributed by atoms with Gasteiger partial charge in [0, 0.05) is 6.42 Å². The summed E-state index contributed by atoms with van der Waals surface area (Å²) in [5.74, 6) is -0.258. The molecular weight excluding hydrogens is 859 g/mol. The zero-order chi connectivity index (χ0) is 48.9. The molecule has 2 fully saturated rings. The topological polar surface area (TPSA) is 228 Å². The second-order valence-electron chi connectivity index (χ2n) is 19.4. The number of unbranched alkanes of at least 4 members (excludes halogenated alkanes) is 27. The van der Waals surface area contributed by atoms with Gasteiger partial charge in [-0.25, -0.2) is 0 Å². The van der Waals surface area contributed by atoms with Crippen LogP contribution in [-0.2, 0) is 23.7 Å². The van der Waals surface area contributed by atoms with E-state index in [0.717, 1.165) is 44.9 Å². The van der Waals surface area contributed by atoms with Gasteiger partial charge in [0.25, 0.3) is 0 Å². The van der Waals surface area contributed by atoms with Crippen molar-refractivity contribution < 1.29 is 64.6 Å². The Hall–Kier alpha value is -1.53. The van der Waals surface area contributed by atoms with Crippen molar-refractivity contribution in [3.05, 3.63) is 24.3 Å². The first kappa shape index (κ1) is 61.6. The molecule has 67 heavy (non-hydrogen) atoms. The molecule has 14 heteroatoms. The third-order valence-corrected chi connectivity index (χ3v) is 13.4. The predicted octanol–water partition coefficient (Wildman–Crippen LogP) is 7.72. The highest BCUT2D eigenvalue weighted by Gasteiger charge is 2.51. The zero-order valence-corrected chi connectivity index (χ0v) is 41.9. The summed E-state index contributed by atoms with van der Waals surface area (Å²) < 4.78 is 22.6. The Morgan fingerprint density at radius 1 is 0.522 bits per heavy atom. The summed E-state index contributed by atoms with van der Waals surface area (Å²) in [5.41, 5.74) is 0. The van der Waals surface area contributed by atoms with Crippen LogP contribution < -0.4 is 5.32 Å². The molecule has 1 amide bonds. The van der Waals surface area contributed by atoms with Gasteiger partial charge in [-0.3, -0.25) is 4.79 Å². The van der Waals surface area contributed by atoms with Crippen LogP contribution in [0.2, 0.25) is 0 Å². The molecule has 12 unspecified atom stereocenters. The van der Waals surface area contributed by atoms with E-state index in [4.69, 9.17) is 18.9 Å². The average molecular weight is 958 g/mol. The maximum Gasteiger partial charge on any atom is 0.220 e. The Balaban J connectivity index is 1.69. The smallest absolute Gasteiger partial charge is 0.220 e. The van der Waals surface area contributed by atoms with Gasteiger partial charge < -0.3 is 65.1 Å². The van der Waals surface area contributed by atoms with Crippen molar-refractivity contribution >= 4 is 5.91 Å². The van der Waals surface area contributed by atoms with Crippen molar-refractivity contribution in [2.75, 3.05) is 19.8 Å². The van der Waals surface area contributed by atoms with Gasteiger partial charge in [0.2, 0.25) is 5.91 Å². The molecule has 9 N–H and O–H groups in total. The third-order valence-electron chi connectivity index (χ3n) is 13.4. The van der Waals surface area contributed by atoms with Crippen LogP contribution in [0.3, 0.4) is 0 Å². The lowest BCUT2D eigenvalue weighted by atomic mass is 9.97. The molecule has 0 aromatic heterocycles. The number of aliphatic hydroxyl groups is 8. The lowest BCUT2D eigenvalue weighted by Gasteiger charge is -2.46. The van der Waals surface area contributed by atoms with Gasteiger partial charge in [-0.15, -0.1) is 0 Å². The standard InChI is InChI=1S/C53H99NO13/c1-3-5-7-9-11-12-13-14-15-16-17-18-19-20-21-22-23-24-25-26-27-28-29-30-31-32-34-36-42(57)41(54-45(58)37-35-33-10-8-6-4-2)40-64-52-50(63)48(61)51(44(39-56)66-52)67-53-49(62)47(60)46(59)43(38-55)65-53/h29-30,34,36,41-44,46-53,55-57,59-63H,3-28,31-33,35,37-40H2,1-2H3,(H,54,58)/b30-29+,36-34+. The Morgan fingerprint density at radius 2 is 0.955 bits per heavy atom.